The predicted molar refractivity (Wildman–Crippen MR) is 89.9 cm³/mol. The van der Waals surface area contributed by atoms with Gasteiger partial charge in [-0.05, 0) is 47.9 Å². The topological polar surface area (TPSA) is 35.2 Å². The van der Waals surface area contributed by atoms with E-state index in [-0.39, 0.29) is 6.04 Å². The van der Waals surface area contributed by atoms with E-state index in [0.717, 1.165) is 16.9 Å². The smallest absolute Gasteiger partial charge is 0.122 e. The summed E-state index contributed by atoms with van der Waals surface area (Å²) in [5, 5.41) is 3.46. The first kappa shape index (κ1) is 14.1. The van der Waals surface area contributed by atoms with Crippen LogP contribution in [-0.2, 0) is 6.61 Å². The number of hydrogen-bond acceptors (Lipinski definition) is 3. The van der Waals surface area contributed by atoms with Crippen molar-refractivity contribution in [2.45, 2.75) is 26.5 Å². The van der Waals surface area contributed by atoms with Gasteiger partial charge in [-0.15, -0.1) is 11.3 Å². The number of nitrogens with two attached hydrogens (primary N) is 1. The Kier molecular flexibility index (Phi) is 3.95. The third-order valence-corrected chi connectivity index (χ3v) is 4.68. The fourth-order valence-electron chi connectivity index (χ4n) is 2.42. The predicted octanol–water partition coefficient (Wildman–Crippen LogP) is 4.81. The number of rotatable bonds is 4. The molecule has 0 amide bonds. The van der Waals surface area contributed by atoms with Crippen molar-refractivity contribution in [2.24, 2.45) is 5.73 Å². The Morgan fingerprint density at radius 2 is 2.00 bits per heavy atom. The molecule has 0 saturated carbocycles. The Labute approximate surface area is 129 Å². The Hall–Kier alpha value is -1.84. The van der Waals surface area contributed by atoms with Gasteiger partial charge in [0.15, 0.2) is 0 Å². The molecular formula is C18H19NOS. The average molecular weight is 297 g/mol. The number of benzene rings is 2. The van der Waals surface area contributed by atoms with Crippen molar-refractivity contribution in [3.8, 4) is 5.75 Å². The molecule has 2 N–H and O–H groups in total. The summed E-state index contributed by atoms with van der Waals surface area (Å²) in [6.45, 7) is 4.65. The number of ether oxygens (including phenoxy) is 1. The largest absolute Gasteiger partial charge is 0.489 e. The van der Waals surface area contributed by atoms with Crippen LogP contribution in [0.1, 0.15) is 29.7 Å². The molecule has 3 aromatic rings. The lowest BCUT2D eigenvalue weighted by molar-refractivity contribution is 0.306. The van der Waals surface area contributed by atoms with Crippen LogP contribution in [-0.4, -0.2) is 0 Å². The minimum absolute atomic E-state index is 0.0542. The standard InChI is InChI=1S/C18H19NOS/c1-12-9-14(13(2)19)7-8-17(12)20-10-15-11-21-18-6-4-3-5-16(15)18/h3-9,11,13H,10,19H2,1-2H3/t13-/m1/s1. The Balaban J connectivity index is 1.79. The molecule has 1 atom stereocenters. The van der Waals surface area contributed by atoms with Gasteiger partial charge in [-0.25, -0.2) is 0 Å². The van der Waals surface area contributed by atoms with Crippen LogP contribution in [0.4, 0.5) is 0 Å². The zero-order valence-corrected chi connectivity index (χ0v) is 13.1. The number of fused-ring (bicyclic) bond motifs is 1. The van der Waals surface area contributed by atoms with Gasteiger partial charge in [-0.3, -0.25) is 0 Å². The molecule has 0 saturated heterocycles. The van der Waals surface area contributed by atoms with E-state index in [2.05, 4.69) is 42.6 Å². The number of aryl methyl sites for hydroxylation is 1. The van der Waals surface area contributed by atoms with E-state index in [1.54, 1.807) is 11.3 Å². The second kappa shape index (κ2) is 5.88. The van der Waals surface area contributed by atoms with Gasteiger partial charge in [0, 0.05) is 16.3 Å². The van der Waals surface area contributed by atoms with Crippen molar-refractivity contribution < 1.29 is 4.74 Å². The fraction of sp³-hybridized carbons (Fsp3) is 0.222. The van der Waals surface area contributed by atoms with E-state index < -0.39 is 0 Å². The van der Waals surface area contributed by atoms with Gasteiger partial charge < -0.3 is 10.5 Å². The minimum Gasteiger partial charge on any atom is -0.489 e. The van der Waals surface area contributed by atoms with E-state index in [1.165, 1.54) is 15.6 Å². The molecule has 1 heterocycles. The molecule has 0 spiro atoms. The first-order valence-electron chi connectivity index (χ1n) is 7.09. The molecule has 0 radical (unpaired) electrons. The van der Waals surface area contributed by atoms with Crippen LogP contribution >= 0.6 is 11.3 Å². The van der Waals surface area contributed by atoms with Crippen molar-refractivity contribution in [1.29, 1.82) is 0 Å². The quantitative estimate of drug-likeness (QED) is 0.750. The molecule has 3 heteroatoms. The van der Waals surface area contributed by atoms with Crippen LogP contribution < -0.4 is 10.5 Å². The normalized spacial score (nSPS) is 12.5. The summed E-state index contributed by atoms with van der Waals surface area (Å²) >= 11 is 1.76. The van der Waals surface area contributed by atoms with Crippen molar-refractivity contribution in [2.75, 3.05) is 0 Å². The molecule has 2 aromatic carbocycles. The molecule has 21 heavy (non-hydrogen) atoms. The third kappa shape index (κ3) is 2.94. The van der Waals surface area contributed by atoms with Crippen molar-refractivity contribution >= 4 is 21.4 Å². The van der Waals surface area contributed by atoms with E-state index in [0.29, 0.717) is 6.61 Å². The van der Waals surface area contributed by atoms with Crippen LogP contribution in [0.3, 0.4) is 0 Å². The molecule has 0 fully saturated rings. The Morgan fingerprint density at radius 1 is 1.19 bits per heavy atom. The third-order valence-electron chi connectivity index (χ3n) is 3.67. The highest BCUT2D eigenvalue weighted by molar-refractivity contribution is 7.17. The summed E-state index contributed by atoms with van der Waals surface area (Å²) in [6.07, 6.45) is 0. The van der Waals surface area contributed by atoms with Crippen LogP contribution in [0, 0.1) is 6.92 Å². The maximum atomic E-state index is 5.99. The maximum Gasteiger partial charge on any atom is 0.122 e. The number of hydrogen-bond donors (Lipinski definition) is 1. The van der Waals surface area contributed by atoms with Gasteiger partial charge in [0.1, 0.15) is 12.4 Å². The molecule has 0 aliphatic heterocycles. The molecule has 3 rings (SSSR count). The average Bonchev–Trinajstić information content (AvgIpc) is 2.89. The first-order chi connectivity index (χ1) is 10.1. The SMILES string of the molecule is Cc1cc([C@@H](C)N)ccc1OCc1csc2ccccc12. The zero-order valence-electron chi connectivity index (χ0n) is 12.3. The molecule has 1 aromatic heterocycles. The lowest BCUT2D eigenvalue weighted by Crippen LogP contribution is -2.05. The van der Waals surface area contributed by atoms with Crippen molar-refractivity contribution in [3.05, 3.63) is 64.5 Å². The Bertz CT molecular complexity index is 761. The monoisotopic (exact) mass is 297 g/mol. The lowest BCUT2D eigenvalue weighted by Gasteiger charge is -2.12. The summed E-state index contributed by atoms with van der Waals surface area (Å²) in [7, 11) is 0. The number of thiophene rings is 1. The highest BCUT2D eigenvalue weighted by atomic mass is 32.1. The molecule has 2 nitrogen and oxygen atoms in total. The van der Waals surface area contributed by atoms with Crippen molar-refractivity contribution in [3.63, 3.8) is 0 Å². The molecule has 108 valence electrons. The van der Waals surface area contributed by atoms with Crippen LogP contribution in [0.2, 0.25) is 0 Å². The first-order valence-corrected chi connectivity index (χ1v) is 7.97. The van der Waals surface area contributed by atoms with Gasteiger partial charge >= 0.3 is 0 Å². The summed E-state index contributed by atoms with van der Waals surface area (Å²) in [4.78, 5) is 0. The molecule has 0 bridgehead atoms. The summed E-state index contributed by atoms with van der Waals surface area (Å²) in [6, 6.07) is 14.6. The van der Waals surface area contributed by atoms with Crippen LogP contribution in [0.15, 0.2) is 47.8 Å². The molecule has 0 aliphatic carbocycles. The second-order valence-electron chi connectivity index (χ2n) is 5.36. The van der Waals surface area contributed by atoms with E-state index in [4.69, 9.17) is 10.5 Å². The van der Waals surface area contributed by atoms with Gasteiger partial charge in [0.25, 0.3) is 0 Å². The van der Waals surface area contributed by atoms with Gasteiger partial charge in [-0.1, -0.05) is 30.3 Å². The Morgan fingerprint density at radius 3 is 2.76 bits per heavy atom. The lowest BCUT2D eigenvalue weighted by atomic mass is 10.1. The summed E-state index contributed by atoms with van der Waals surface area (Å²) in [5.74, 6) is 0.926. The highest BCUT2D eigenvalue weighted by Gasteiger charge is 2.07. The zero-order chi connectivity index (χ0) is 14.8. The minimum atomic E-state index is 0.0542. The van der Waals surface area contributed by atoms with Crippen LogP contribution in [0.5, 0.6) is 5.75 Å². The van der Waals surface area contributed by atoms with Gasteiger partial charge in [-0.2, -0.15) is 0 Å². The summed E-state index contributed by atoms with van der Waals surface area (Å²) in [5.41, 5.74) is 9.42. The van der Waals surface area contributed by atoms with Gasteiger partial charge in [0.2, 0.25) is 0 Å². The van der Waals surface area contributed by atoms with E-state index in [9.17, 15) is 0 Å². The summed E-state index contributed by atoms with van der Waals surface area (Å²) < 4.78 is 7.30. The maximum absolute atomic E-state index is 5.99. The molecular weight excluding hydrogens is 278 g/mol. The highest BCUT2D eigenvalue weighted by Crippen LogP contribution is 2.28. The second-order valence-corrected chi connectivity index (χ2v) is 6.27. The molecule has 0 aliphatic rings. The molecule has 0 unspecified atom stereocenters. The van der Waals surface area contributed by atoms with Gasteiger partial charge in [0.05, 0.1) is 0 Å². The van der Waals surface area contributed by atoms with E-state index in [1.807, 2.05) is 19.1 Å². The van der Waals surface area contributed by atoms with E-state index >= 15 is 0 Å². The fourth-order valence-corrected chi connectivity index (χ4v) is 3.37. The van der Waals surface area contributed by atoms with Crippen LogP contribution in [0.25, 0.3) is 10.1 Å². The van der Waals surface area contributed by atoms with Crippen molar-refractivity contribution in [1.82, 2.24) is 0 Å².